The predicted molar refractivity (Wildman–Crippen MR) is 120 cm³/mol. The topological polar surface area (TPSA) is 85.3 Å². The zero-order valence-electron chi connectivity index (χ0n) is 18.5. The Morgan fingerprint density at radius 2 is 1.65 bits per heavy atom. The molecule has 1 amide bonds. The number of nitrogens with zero attached hydrogens (tertiary/aromatic N) is 2. The molecule has 0 aromatic heterocycles. The number of aliphatic hydroxyl groups excluding tert-OH is 2. The molecule has 10 heteroatoms. The summed E-state index contributed by atoms with van der Waals surface area (Å²) in [5.41, 5.74) is 0.393. The van der Waals surface area contributed by atoms with Crippen molar-refractivity contribution in [1.82, 2.24) is 10.2 Å². The molecular formula is C24H28F3N3O4. The van der Waals surface area contributed by atoms with Gasteiger partial charge in [0.1, 0.15) is 12.2 Å². The summed E-state index contributed by atoms with van der Waals surface area (Å²) in [5.74, 6) is -0.535. The molecule has 0 radical (unpaired) electrons. The van der Waals surface area contributed by atoms with E-state index in [1.807, 2.05) is 30.3 Å². The van der Waals surface area contributed by atoms with Crippen LogP contribution in [0.2, 0.25) is 0 Å². The van der Waals surface area contributed by atoms with Crippen molar-refractivity contribution in [2.24, 2.45) is 0 Å². The molecule has 0 bridgehead atoms. The molecule has 34 heavy (non-hydrogen) atoms. The van der Waals surface area contributed by atoms with E-state index in [-0.39, 0.29) is 18.7 Å². The van der Waals surface area contributed by atoms with E-state index in [1.165, 1.54) is 0 Å². The van der Waals surface area contributed by atoms with Gasteiger partial charge in [-0.1, -0.05) is 18.2 Å². The minimum atomic E-state index is -4.47. The third kappa shape index (κ3) is 5.35. The molecule has 2 aliphatic rings. The largest absolute Gasteiger partial charge is 0.416 e. The third-order valence-corrected chi connectivity index (χ3v) is 6.44. The van der Waals surface area contributed by atoms with Crippen LogP contribution in [0.4, 0.5) is 18.9 Å². The molecule has 0 saturated carbocycles. The molecule has 2 aromatic carbocycles. The van der Waals surface area contributed by atoms with Crippen molar-refractivity contribution >= 4 is 11.6 Å². The van der Waals surface area contributed by atoms with E-state index in [1.54, 1.807) is 0 Å². The fourth-order valence-corrected chi connectivity index (χ4v) is 4.62. The van der Waals surface area contributed by atoms with Gasteiger partial charge < -0.3 is 25.2 Å². The van der Waals surface area contributed by atoms with Crippen LogP contribution in [0, 0.1) is 0 Å². The number of nitrogens with one attached hydrogen (secondary N) is 1. The van der Waals surface area contributed by atoms with E-state index < -0.39 is 42.0 Å². The number of halogens is 3. The Morgan fingerprint density at radius 1 is 1.00 bits per heavy atom. The molecular weight excluding hydrogens is 451 g/mol. The number of hydrogen-bond donors (Lipinski definition) is 3. The Kier molecular flexibility index (Phi) is 7.42. The number of amides is 1. The van der Waals surface area contributed by atoms with E-state index in [2.05, 4.69) is 15.1 Å². The molecule has 0 spiro atoms. The van der Waals surface area contributed by atoms with Gasteiger partial charge in [0.05, 0.1) is 24.3 Å². The number of hydrogen-bond acceptors (Lipinski definition) is 6. The molecule has 4 rings (SSSR count). The van der Waals surface area contributed by atoms with Gasteiger partial charge in [0.25, 0.3) is 5.91 Å². The number of piperazine rings is 1. The molecule has 0 unspecified atom stereocenters. The lowest BCUT2D eigenvalue weighted by Crippen LogP contribution is -2.57. The zero-order valence-corrected chi connectivity index (χ0v) is 18.5. The molecule has 0 aliphatic carbocycles. The maximum atomic E-state index is 12.8. The lowest BCUT2D eigenvalue weighted by Gasteiger charge is -2.41. The Hall–Kier alpha value is -2.66. The van der Waals surface area contributed by atoms with Gasteiger partial charge in [-0.3, -0.25) is 9.69 Å². The summed E-state index contributed by atoms with van der Waals surface area (Å²) in [6, 6.07) is 13.6. The van der Waals surface area contributed by atoms with E-state index in [4.69, 9.17) is 4.74 Å². The quantitative estimate of drug-likeness (QED) is 0.586. The molecule has 2 fully saturated rings. The molecule has 2 saturated heterocycles. The predicted octanol–water partition coefficient (Wildman–Crippen LogP) is 1.75. The number of aliphatic hydroxyl groups is 2. The highest BCUT2D eigenvalue weighted by molar-refractivity contribution is 5.94. The Bertz CT molecular complexity index is 950. The number of para-hydroxylation sites is 1. The maximum absolute atomic E-state index is 12.8. The van der Waals surface area contributed by atoms with Crippen LogP contribution in [0.25, 0.3) is 0 Å². The van der Waals surface area contributed by atoms with E-state index in [0.29, 0.717) is 13.1 Å². The van der Waals surface area contributed by atoms with Crippen LogP contribution in [0.15, 0.2) is 54.6 Å². The van der Waals surface area contributed by atoms with Gasteiger partial charge in [0.15, 0.2) is 0 Å². The minimum absolute atomic E-state index is 0.0526. The molecule has 2 heterocycles. The van der Waals surface area contributed by atoms with Crippen molar-refractivity contribution in [3.63, 3.8) is 0 Å². The van der Waals surface area contributed by atoms with Gasteiger partial charge in [0, 0.05) is 44.0 Å². The number of carbonyl (C=O) groups excluding carboxylic acids is 1. The van der Waals surface area contributed by atoms with Gasteiger partial charge in [-0.2, -0.15) is 13.2 Å². The number of ether oxygens (including phenoxy) is 1. The van der Waals surface area contributed by atoms with Crippen molar-refractivity contribution in [2.45, 2.75) is 30.5 Å². The Labute approximate surface area is 195 Å². The summed E-state index contributed by atoms with van der Waals surface area (Å²) in [6.45, 7) is 2.54. The lowest BCUT2D eigenvalue weighted by atomic mass is 10.0. The highest BCUT2D eigenvalue weighted by Gasteiger charge is 2.46. The summed E-state index contributed by atoms with van der Waals surface area (Å²) >= 11 is 0. The first-order valence-corrected chi connectivity index (χ1v) is 11.2. The van der Waals surface area contributed by atoms with Crippen LogP contribution in [0.1, 0.15) is 15.9 Å². The molecule has 184 valence electrons. The second-order valence-corrected chi connectivity index (χ2v) is 8.52. The van der Waals surface area contributed by atoms with Crippen LogP contribution in [-0.2, 0) is 10.9 Å². The second-order valence-electron chi connectivity index (χ2n) is 8.52. The average Bonchev–Trinajstić information content (AvgIpc) is 3.17. The van der Waals surface area contributed by atoms with Gasteiger partial charge >= 0.3 is 6.18 Å². The van der Waals surface area contributed by atoms with Crippen LogP contribution < -0.4 is 10.2 Å². The highest BCUT2D eigenvalue weighted by Crippen LogP contribution is 2.30. The number of benzene rings is 2. The van der Waals surface area contributed by atoms with E-state index in [0.717, 1.165) is 43.0 Å². The smallest absolute Gasteiger partial charge is 0.394 e. The molecule has 3 N–H and O–H groups in total. The first kappa shape index (κ1) is 24.5. The fraction of sp³-hybridized carbons (Fsp3) is 0.458. The van der Waals surface area contributed by atoms with Gasteiger partial charge in [-0.25, -0.2) is 0 Å². The molecule has 2 aromatic rings. The SMILES string of the molecule is O=C(NC[C@H]1O[C@@H](CO)[C@@H](O)[C@@H]1N1CCN(c2ccccc2)CC1)c1ccc(C(F)(F)F)cc1. The number of rotatable bonds is 6. The lowest BCUT2D eigenvalue weighted by molar-refractivity contribution is -0.137. The van der Waals surface area contributed by atoms with Crippen molar-refractivity contribution in [3.8, 4) is 0 Å². The van der Waals surface area contributed by atoms with Crippen molar-refractivity contribution in [1.29, 1.82) is 0 Å². The van der Waals surface area contributed by atoms with Crippen LogP contribution >= 0.6 is 0 Å². The molecule has 2 aliphatic heterocycles. The van der Waals surface area contributed by atoms with Crippen LogP contribution in [0.5, 0.6) is 0 Å². The first-order chi connectivity index (χ1) is 16.3. The summed E-state index contributed by atoms with van der Waals surface area (Å²) < 4.78 is 44.1. The fourth-order valence-electron chi connectivity index (χ4n) is 4.62. The minimum Gasteiger partial charge on any atom is -0.394 e. The normalized spacial score (nSPS) is 26.0. The summed E-state index contributed by atoms with van der Waals surface area (Å²) in [4.78, 5) is 16.9. The zero-order chi connectivity index (χ0) is 24.3. The summed E-state index contributed by atoms with van der Waals surface area (Å²) in [6.07, 6.45) is -6.75. The molecule has 7 nitrogen and oxygen atoms in total. The van der Waals surface area contributed by atoms with Gasteiger partial charge in [0.2, 0.25) is 0 Å². The van der Waals surface area contributed by atoms with Crippen molar-refractivity contribution in [3.05, 3.63) is 65.7 Å². The standard InChI is InChI=1S/C24H28F3N3O4/c25-24(26,27)17-8-6-16(7-9-17)23(33)28-14-19-21(22(32)20(15-31)34-19)30-12-10-29(11-13-30)18-4-2-1-3-5-18/h1-9,19-22,31-32H,10-15H2,(H,28,33)/t19-,20+,21-,22-/m1/s1. The van der Waals surface area contributed by atoms with Gasteiger partial charge in [-0.05, 0) is 36.4 Å². The summed E-state index contributed by atoms with van der Waals surface area (Å²) in [7, 11) is 0. The number of carbonyl (C=O) groups is 1. The van der Waals surface area contributed by atoms with Crippen molar-refractivity contribution < 1.29 is 32.9 Å². The monoisotopic (exact) mass is 479 g/mol. The number of anilines is 1. The Balaban J connectivity index is 1.38. The van der Waals surface area contributed by atoms with Crippen LogP contribution in [-0.4, -0.2) is 84.7 Å². The second kappa shape index (κ2) is 10.3. The van der Waals surface area contributed by atoms with Crippen LogP contribution in [0.3, 0.4) is 0 Å². The first-order valence-electron chi connectivity index (χ1n) is 11.2. The van der Waals surface area contributed by atoms with E-state index in [9.17, 15) is 28.2 Å². The average molecular weight is 479 g/mol. The van der Waals surface area contributed by atoms with Crippen molar-refractivity contribution in [2.75, 3.05) is 44.2 Å². The number of alkyl halides is 3. The maximum Gasteiger partial charge on any atom is 0.416 e. The highest BCUT2D eigenvalue weighted by atomic mass is 19.4. The third-order valence-electron chi connectivity index (χ3n) is 6.44. The molecule has 4 atom stereocenters. The Morgan fingerprint density at radius 3 is 2.24 bits per heavy atom. The van der Waals surface area contributed by atoms with Gasteiger partial charge in [-0.15, -0.1) is 0 Å². The summed E-state index contributed by atoms with van der Waals surface area (Å²) in [5, 5.41) is 23.1. The van der Waals surface area contributed by atoms with E-state index >= 15 is 0 Å².